The quantitative estimate of drug-likeness (QED) is 0.179. The van der Waals surface area contributed by atoms with Crippen molar-refractivity contribution < 1.29 is 9.18 Å². The summed E-state index contributed by atoms with van der Waals surface area (Å²) < 4.78 is 13.3. The molecule has 0 radical (unpaired) electrons. The number of fused-ring (bicyclic) bond motifs is 1. The fraction of sp³-hybridized carbons (Fsp3) is 0.115. The number of nitrogens with zero attached hydrogens (tertiary/aromatic N) is 2. The molecule has 1 heterocycles. The van der Waals surface area contributed by atoms with Crippen molar-refractivity contribution in [1.29, 1.82) is 0 Å². The zero-order valence-corrected chi connectivity index (χ0v) is 19.1. The first-order chi connectivity index (χ1) is 16.0. The Labute approximate surface area is 201 Å². The third kappa shape index (κ3) is 5.56. The number of nitrogens with one attached hydrogen (secondary N) is 1. The lowest BCUT2D eigenvalue weighted by molar-refractivity contribution is 0.0956. The summed E-state index contributed by atoms with van der Waals surface area (Å²) in [6.07, 6.45) is 1.22. The van der Waals surface area contributed by atoms with Gasteiger partial charge >= 0.3 is 0 Å². The summed E-state index contributed by atoms with van der Waals surface area (Å²) in [5, 5.41) is 5.69. The topological polar surface area (TPSA) is 54.4 Å². The molecule has 0 bridgehead atoms. The van der Waals surface area contributed by atoms with Crippen LogP contribution in [0.3, 0.4) is 0 Å². The number of carbonyl (C=O) groups excluding carboxylic acids is 1. The van der Waals surface area contributed by atoms with Crippen molar-refractivity contribution in [3.8, 4) is 11.3 Å². The lowest BCUT2D eigenvalue weighted by Gasteiger charge is -2.10. The second-order valence-electron chi connectivity index (χ2n) is 7.38. The first kappa shape index (κ1) is 22.9. The van der Waals surface area contributed by atoms with Gasteiger partial charge in [0.05, 0.1) is 22.5 Å². The Morgan fingerprint density at radius 2 is 1.73 bits per heavy atom. The maximum Gasteiger partial charge on any atom is 0.272 e. The number of halogens is 3. The van der Waals surface area contributed by atoms with E-state index in [2.05, 4.69) is 10.5 Å². The predicted octanol–water partition coefficient (Wildman–Crippen LogP) is 6.85. The highest BCUT2D eigenvalue weighted by atomic mass is 35.5. The SMILES string of the molecule is O=C(N/N=C(/CCCCl)c1ccc(F)cc1)c1cc(-c2ccc(Cl)cc2)nc2ccccc12. The largest absolute Gasteiger partial charge is 0.272 e. The second kappa shape index (κ2) is 10.6. The van der Waals surface area contributed by atoms with Crippen molar-refractivity contribution in [3.05, 3.63) is 101 Å². The number of alkyl halides is 1. The third-order valence-electron chi connectivity index (χ3n) is 5.12. The van der Waals surface area contributed by atoms with Crippen LogP contribution in [-0.4, -0.2) is 22.5 Å². The number of pyridine rings is 1. The molecule has 3 aromatic carbocycles. The van der Waals surface area contributed by atoms with Crippen LogP contribution >= 0.6 is 23.2 Å². The van der Waals surface area contributed by atoms with Gasteiger partial charge in [-0.25, -0.2) is 14.8 Å². The maximum atomic E-state index is 13.3. The zero-order chi connectivity index (χ0) is 23.2. The molecule has 0 spiro atoms. The van der Waals surface area contributed by atoms with Crippen LogP contribution in [0, 0.1) is 5.82 Å². The molecular formula is C26H20Cl2FN3O. The fourth-order valence-electron chi connectivity index (χ4n) is 3.45. The predicted molar refractivity (Wildman–Crippen MR) is 133 cm³/mol. The van der Waals surface area contributed by atoms with E-state index < -0.39 is 0 Å². The zero-order valence-electron chi connectivity index (χ0n) is 17.6. The van der Waals surface area contributed by atoms with Gasteiger partial charge in [0.25, 0.3) is 5.91 Å². The number of hydrogen-bond donors (Lipinski definition) is 1. The lowest BCUT2D eigenvalue weighted by Crippen LogP contribution is -2.21. The van der Waals surface area contributed by atoms with Crippen LogP contribution in [0.1, 0.15) is 28.8 Å². The first-order valence-electron chi connectivity index (χ1n) is 10.4. The Morgan fingerprint density at radius 1 is 1.00 bits per heavy atom. The fourth-order valence-corrected chi connectivity index (χ4v) is 3.71. The molecule has 166 valence electrons. The summed E-state index contributed by atoms with van der Waals surface area (Å²) in [4.78, 5) is 17.9. The average Bonchev–Trinajstić information content (AvgIpc) is 2.84. The molecular weight excluding hydrogens is 460 g/mol. The molecule has 4 rings (SSSR count). The van der Waals surface area contributed by atoms with Crippen molar-refractivity contribution in [3.63, 3.8) is 0 Å². The van der Waals surface area contributed by atoms with Crippen LogP contribution in [0.25, 0.3) is 22.2 Å². The van der Waals surface area contributed by atoms with Crippen molar-refractivity contribution in [1.82, 2.24) is 10.4 Å². The van der Waals surface area contributed by atoms with Gasteiger partial charge in [-0.05, 0) is 54.8 Å². The first-order valence-corrected chi connectivity index (χ1v) is 11.3. The molecule has 0 unspecified atom stereocenters. The highest BCUT2D eigenvalue weighted by Gasteiger charge is 2.14. The number of hydrogen-bond acceptors (Lipinski definition) is 3. The smallest absolute Gasteiger partial charge is 0.267 e. The lowest BCUT2D eigenvalue weighted by atomic mass is 10.0. The standard InChI is InChI=1S/C26H20Cl2FN3O/c27-15-3-6-23(17-9-13-20(29)14-10-17)31-32-26(33)22-16-25(18-7-11-19(28)12-8-18)30-24-5-2-1-4-21(22)24/h1-2,4-5,7-14,16H,3,6,15H2,(H,32,33)/b31-23-. The minimum atomic E-state index is -0.366. The van der Waals surface area contributed by atoms with Gasteiger partial charge in [0.2, 0.25) is 0 Å². The normalized spacial score (nSPS) is 11.5. The Kier molecular flexibility index (Phi) is 7.33. The van der Waals surface area contributed by atoms with Crippen molar-refractivity contribution in [2.24, 2.45) is 5.10 Å². The van der Waals surface area contributed by atoms with Gasteiger partial charge < -0.3 is 0 Å². The molecule has 0 aliphatic carbocycles. The number of amides is 1. The average molecular weight is 480 g/mol. The van der Waals surface area contributed by atoms with Crippen LogP contribution in [0.15, 0.2) is 84.0 Å². The van der Waals surface area contributed by atoms with Crippen LogP contribution in [0.2, 0.25) is 5.02 Å². The van der Waals surface area contributed by atoms with Gasteiger partial charge in [-0.3, -0.25) is 4.79 Å². The van der Waals surface area contributed by atoms with Gasteiger partial charge in [-0.15, -0.1) is 11.6 Å². The van der Waals surface area contributed by atoms with Crippen molar-refractivity contribution >= 4 is 45.7 Å². The van der Waals surface area contributed by atoms with E-state index in [0.717, 1.165) is 11.1 Å². The van der Waals surface area contributed by atoms with Gasteiger partial charge in [0.15, 0.2) is 0 Å². The van der Waals surface area contributed by atoms with Crippen LogP contribution < -0.4 is 5.43 Å². The molecule has 0 fully saturated rings. The minimum absolute atomic E-state index is 0.336. The molecule has 0 aliphatic heterocycles. The summed E-state index contributed by atoms with van der Waals surface area (Å²) in [6, 6.07) is 22.5. The van der Waals surface area contributed by atoms with E-state index in [1.54, 1.807) is 30.3 Å². The van der Waals surface area contributed by atoms with Crippen molar-refractivity contribution in [2.75, 3.05) is 5.88 Å². The van der Waals surface area contributed by atoms with E-state index in [0.29, 0.717) is 51.6 Å². The molecule has 4 nitrogen and oxygen atoms in total. The summed E-state index contributed by atoms with van der Waals surface area (Å²) in [6.45, 7) is 0. The Hall–Kier alpha value is -3.28. The molecule has 7 heteroatoms. The number of aromatic nitrogens is 1. The molecule has 0 aliphatic rings. The minimum Gasteiger partial charge on any atom is -0.267 e. The monoisotopic (exact) mass is 479 g/mol. The van der Waals surface area contributed by atoms with Crippen molar-refractivity contribution in [2.45, 2.75) is 12.8 Å². The van der Waals surface area contributed by atoms with Gasteiger partial charge in [-0.2, -0.15) is 5.10 Å². The number of para-hydroxylation sites is 1. The van der Waals surface area contributed by atoms with Gasteiger partial charge in [0, 0.05) is 21.9 Å². The molecule has 0 saturated heterocycles. The van der Waals surface area contributed by atoms with Crippen LogP contribution in [-0.2, 0) is 0 Å². The highest BCUT2D eigenvalue weighted by molar-refractivity contribution is 6.30. The van der Waals surface area contributed by atoms with E-state index in [-0.39, 0.29) is 11.7 Å². The summed E-state index contributed by atoms with van der Waals surface area (Å²) in [5.41, 5.74) is 6.66. The van der Waals surface area contributed by atoms with Crippen LogP contribution in [0.4, 0.5) is 4.39 Å². The Bertz CT molecular complexity index is 1310. The molecule has 1 N–H and O–H groups in total. The maximum absolute atomic E-state index is 13.3. The summed E-state index contributed by atoms with van der Waals surface area (Å²) in [5.74, 6) is -0.250. The van der Waals surface area contributed by atoms with E-state index in [1.807, 2.05) is 36.4 Å². The third-order valence-corrected chi connectivity index (χ3v) is 5.64. The van der Waals surface area contributed by atoms with Crippen LogP contribution in [0.5, 0.6) is 0 Å². The van der Waals surface area contributed by atoms with E-state index in [9.17, 15) is 9.18 Å². The molecule has 1 amide bonds. The molecule has 0 atom stereocenters. The number of rotatable bonds is 7. The van der Waals surface area contributed by atoms with E-state index >= 15 is 0 Å². The highest BCUT2D eigenvalue weighted by Crippen LogP contribution is 2.26. The van der Waals surface area contributed by atoms with Gasteiger partial charge in [0.1, 0.15) is 5.82 Å². The summed E-state index contributed by atoms with van der Waals surface area (Å²) in [7, 11) is 0. The van der Waals surface area contributed by atoms with E-state index in [4.69, 9.17) is 28.2 Å². The molecule has 33 heavy (non-hydrogen) atoms. The number of carbonyl (C=O) groups is 1. The summed E-state index contributed by atoms with van der Waals surface area (Å²) >= 11 is 11.9. The Balaban J connectivity index is 1.70. The number of hydrazone groups is 1. The molecule has 1 aromatic heterocycles. The van der Waals surface area contributed by atoms with E-state index in [1.165, 1.54) is 12.1 Å². The van der Waals surface area contributed by atoms with Gasteiger partial charge in [-0.1, -0.05) is 54.1 Å². The number of benzene rings is 3. The molecule has 4 aromatic rings. The Morgan fingerprint density at radius 3 is 2.45 bits per heavy atom. The second-order valence-corrected chi connectivity index (χ2v) is 8.19. The molecule has 0 saturated carbocycles.